The standard InChI is InChI=1S/C15H17N3O3/c1-20-12-7-5-8-13(21-2)14(12)18-15(19)17-10-11-6-3-4-9-16-11/h3-9H,10H2,1-2H3,(H2,17,18,19). The molecular formula is C15H17N3O3. The molecule has 1 aromatic heterocycles. The van der Waals surface area contributed by atoms with Crippen molar-refractivity contribution in [2.24, 2.45) is 0 Å². The molecule has 0 unspecified atom stereocenters. The van der Waals surface area contributed by atoms with Crippen molar-refractivity contribution in [2.75, 3.05) is 19.5 Å². The first-order chi connectivity index (χ1) is 10.2. The van der Waals surface area contributed by atoms with Crippen LogP contribution in [0.15, 0.2) is 42.6 Å². The molecule has 0 aliphatic carbocycles. The summed E-state index contributed by atoms with van der Waals surface area (Å²) in [5, 5.41) is 5.45. The molecule has 0 aliphatic heterocycles. The van der Waals surface area contributed by atoms with E-state index in [0.717, 1.165) is 5.69 Å². The number of rotatable bonds is 5. The van der Waals surface area contributed by atoms with Crippen LogP contribution in [0.5, 0.6) is 11.5 Å². The third kappa shape index (κ3) is 3.85. The molecule has 6 heteroatoms. The van der Waals surface area contributed by atoms with E-state index in [9.17, 15) is 4.79 Å². The van der Waals surface area contributed by atoms with Gasteiger partial charge in [0.05, 0.1) is 26.5 Å². The van der Waals surface area contributed by atoms with Gasteiger partial charge in [0, 0.05) is 6.20 Å². The molecule has 0 saturated carbocycles. The maximum Gasteiger partial charge on any atom is 0.319 e. The number of nitrogens with zero attached hydrogens (tertiary/aromatic N) is 1. The van der Waals surface area contributed by atoms with Gasteiger partial charge in [-0.1, -0.05) is 12.1 Å². The van der Waals surface area contributed by atoms with E-state index in [2.05, 4.69) is 15.6 Å². The number of hydrogen-bond acceptors (Lipinski definition) is 4. The number of ether oxygens (including phenoxy) is 2. The van der Waals surface area contributed by atoms with Crippen molar-refractivity contribution >= 4 is 11.7 Å². The zero-order valence-corrected chi connectivity index (χ0v) is 11.9. The van der Waals surface area contributed by atoms with E-state index >= 15 is 0 Å². The van der Waals surface area contributed by atoms with Gasteiger partial charge in [-0.2, -0.15) is 0 Å². The largest absolute Gasteiger partial charge is 0.494 e. The first-order valence-electron chi connectivity index (χ1n) is 6.40. The Morgan fingerprint density at radius 3 is 2.38 bits per heavy atom. The van der Waals surface area contributed by atoms with Crippen LogP contribution < -0.4 is 20.1 Å². The van der Waals surface area contributed by atoms with Crippen molar-refractivity contribution in [3.8, 4) is 11.5 Å². The van der Waals surface area contributed by atoms with Crippen molar-refractivity contribution < 1.29 is 14.3 Å². The fraction of sp³-hybridized carbons (Fsp3) is 0.200. The topological polar surface area (TPSA) is 72.5 Å². The van der Waals surface area contributed by atoms with Gasteiger partial charge in [-0.05, 0) is 24.3 Å². The van der Waals surface area contributed by atoms with E-state index in [0.29, 0.717) is 23.7 Å². The molecule has 110 valence electrons. The van der Waals surface area contributed by atoms with Crippen LogP contribution in [0, 0.1) is 0 Å². The molecule has 1 heterocycles. The minimum Gasteiger partial charge on any atom is -0.494 e. The van der Waals surface area contributed by atoms with Crippen LogP contribution in [0.25, 0.3) is 0 Å². The minimum absolute atomic E-state index is 0.337. The lowest BCUT2D eigenvalue weighted by Crippen LogP contribution is -2.28. The SMILES string of the molecule is COc1cccc(OC)c1NC(=O)NCc1ccccn1. The summed E-state index contributed by atoms with van der Waals surface area (Å²) < 4.78 is 10.4. The third-order valence-corrected chi connectivity index (χ3v) is 2.82. The highest BCUT2D eigenvalue weighted by Crippen LogP contribution is 2.33. The van der Waals surface area contributed by atoms with Crippen LogP contribution in [-0.4, -0.2) is 25.2 Å². The van der Waals surface area contributed by atoms with Gasteiger partial charge in [0.2, 0.25) is 0 Å². The molecule has 0 radical (unpaired) electrons. The van der Waals surface area contributed by atoms with Crippen LogP contribution in [0.2, 0.25) is 0 Å². The number of benzene rings is 1. The molecular weight excluding hydrogens is 270 g/mol. The molecule has 0 fully saturated rings. The molecule has 6 nitrogen and oxygen atoms in total. The summed E-state index contributed by atoms with van der Waals surface area (Å²) in [6, 6.07) is 10.4. The highest BCUT2D eigenvalue weighted by Gasteiger charge is 2.12. The van der Waals surface area contributed by atoms with Gasteiger partial charge in [-0.15, -0.1) is 0 Å². The van der Waals surface area contributed by atoms with Gasteiger partial charge < -0.3 is 20.1 Å². The molecule has 21 heavy (non-hydrogen) atoms. The monoisotopic (exact) mass is 287 g/mol. The number of anilines is 1. The quantitative estimate of drug-likeness (QED) is 0.886. The Kier molecular flexibility index (Phi) is 4.98. The molecule has 0 atom stereocenters. The molecule has 0 saturated heterocycles. The Bertz CT molecular complexity index is 580. The number of methoxy groups -OCH3 is 2. The van der Waals surface area contributed by atoms with Gasteiger partial charge in [-0.25, -0.2) is 4.79 Å². The molecule has 2 amide bonds. The molecule has 0 aliphatic rings. The van der Waals surface area contributed by atoms with Gasteiger partial charge in [0.15, 0.2) is 0 Å². The van der Waals surface area contributed by atoms with Gasteiger partial charge in [0.25, 0.3) is 0 Å². The molecule has 0 spiro atoms. The number of nitrogens with one attached hydrogen (secondary N) is 2. The second-order valence-electron chi connectivity index (χ2n) is 4.17. The average Bonchev–Trinajstić information content (AvgIpc) is 2.54. The van der Waals surface area contributed by atoms with Crippen LogP contribution in [-0.2, 0) is 6.54 Å². The maximum absolute atomic E-state index is 12.0. The summed E-state index contributed by atoms with van der Waals surface area (Å²) in [4.78, 5) is 16.1. The smallest absolute Gasteiger partial charge is 0.319 e. The zero-order valence-electron chi connectivity index (χ0n) is 11.9. The summed E-state index contributed by atoms with van der Waals surface area (Å²) in [7, 11) is 3.07. The Morgan fingerprint density at radius 1 is 1.10 bits per heavy atom. The summed E-state index contributed by atoms with van der Waals surface area (Å²) in [6.45, 7) is 0.337. The summed E-state index contributed by atoms with van der Waals surface area (Å²) >= 11 is 0. The number of para-hydroxylation sites is 1. The number of amides is 2. The van der Waals surface area contributed by atoms with Gasteiger partial charge in [-0.3, -0.25) is 4.98 Å². The van der Waals surface area contributed by atoms with Crippen LogP contribution in [0.4, 0.5) is 10.5 Å². The second-order valence-corrected chi connectivity index (χ2v) is 4.17. The third-order valence-electron chi connectivity index (χ3n) is 2.82. The number of carbonyl (C=O) groups excluding carboxylic acids is 1. The Morgan fingerprint density at radius 2 is 1.81 bits per heavy atom. The van der Waals surface area contributed by atoms with E-state index < -0.39 is 0 Å². The lowest BCUT2D eigenvalue weighted by molar-refractivity contribution is 0.251. The first kappa shape index (κ1) is 14.6. The number of aromatic nitrogens is 1. The Labute approximate surface area is 123 Å². The molecule has 2 rings (SSSR count). The zero-order chi connectivity index (χ0) is 15.1. The number of urea groups is 1. The molecule has 1 aromatic carbocycles. The minimum atomic E-state index is -0.358. The van der Waals surface area contributed by atoms with E-state index in [1.54, 1.807) is 24.4 Å². The Balaban J connectivity index is 2.02. The normalized spacial score (nSPS) is 9.81. The van der Waals surface area contributed by atoms with Crippen molar-refractivity contribution in [3.63, 3.8) is 0 Å². The number of hydrogen-bond donors (Lipinski definition) is 2. The highest BCUT2D eigenvalue weighted by atomic mass is 16.5. The van der Waals surface area contributed by atoms with Crippen LogP contribution in [0.3, 0.4) is 0 Å². The summed E-state index contributed by atoms with van der Waals surface area (Å²) in [5.74, 6) is 1.06. The molecule has 2 N–H and O–H groups in total. The lowest BCUT2D eigenvalue weighted by atomic mass is 10.2. The van der Waals surface area contributed by atoms with Crippen molar-refractivity contribution in [1.29, 1.82) is 0 Å². The number of carbonyl (C=O) groups is 1. The van der Waals surface area contributed by atoms with Gasteiger partial charge >= 0.3 is 6.03 Å². The molecule has 2 aromatic rings. The van der Waals surface area contributed by atoms with Crippen LogP contribution in [0.1, 0.15) is 5.69 Å². The summed E-state index contributed by atoms with van der Waals surface area (Å²) in [5.41, 5.74) is 1.26. The van der Waals surface area contributed by atoms with E-state index in [4.69, 9.17) is 9.47 Å². The van der Waals surface area contributed by atoms with Gasteiger partial charge in [0.1, 0.15) is 17.2 Å². The predicted octanol–water partition coefficient (Wildman–Crippen LogP) is 2.42. The fourth-order valence-corrected chi connectivity index (χ4v) is 1.81. The number of pyridine rings is 1. The van der Waals surface area contributed by atoms with Crippen molar-refractivity contribution in [1.82, 2.24) is 10.3 Å². The maximum atomic E-state index is 12.0. The lowest BCUT2D eigenvalue weighted by Gasteiger charge is -2.14. The van der Waals surface area contributed by atoms with Crippen molar-refractivity contribution in [3.05, 3.63) is 48.3 Å². The Hall–Kier alpha value is -2.76. The van der Waals surface area contributed by atoms with E-state index in [1.807, 2.05) is 18.2 Å². The highest BCUT2D eigenvalue weighted by molar-refractivity contribution is 5.92. The van der Waals surface area contributed by atoms with Crippen LogP contribution >= 0.6 is 0 Å². The van der Waals surface area contributed by atoms with Crippen molar-refractivity contribution in [2.45, 2.75) is 6.54 Å². The first-order valence-corrected chi connectivity index (χ1v) is 6.40. The van der Waals surface area contributed by atoms with E-state index in [-0.39, 0.29) is 6.03 Å². The summed E-state index contributed by atoms with van der Waals surface area (Å²) in [6.07, 6.45) is 1.68. The fourth-order valence-electron chi connectivity index (χ4n) is 1.81. The second kappa shape index (κ2) is 7.14. The molecule has 0 bridgehead atoms. The predicted molar refractivity (Wildman–Crippen MR) is 79.6 cm³/mol. The average molecular weight is 287 g/mol. The van der Waals surface area contributed by atoms with E-state index in [1.165, 1.54) is 14.2 Å².